The summed E-state index contributed by atoms with van der Waals surface area (Å²) in [6.45, 7) is 0. The minimum atomic E-state index is -0.415. The second-order valence-corrected chi connectivity index (χ2v) is 4.08. The van der Waals surface area contributed by atoms with Crippen LogP contribution in [0.25, 0.3) is 11.8 Å². The summed E-state index contributed by atoms with van der Waals surface area (Å²) < 4.78 is 0. The Morgan fingerprint density at radius 2 is 1.42 bits per heavy atom. The zero-order valence-corrected chi connectivity index (χ0v) is 10.1. The van der Waals surface area contributed by atoms with Crippen LogP contribution in [0.15, 0.2) is 48.5 Å². The maximum absolute atomic E-state index is 11.1. The van der Waals surface area contributed by atoms with E-state index in [1.54, 1.807) is 48.5 Å². The first-order chi connectivity index (χ1) is 9.06. The Kier molecular flexibility index (Phi) is 3.47. The van der Waals surface area contributed by atoms with Gasteiger partial charge < -0.3 is 11.5 Å². The molecule has 0 spiro atoms. The first-order valence-electron chi connectivity index (χ1n) is 5.64. The van der Waals surface area contributed by atoms with Gasteiger partial charge in [-0.1, -0.05) is 12.1 Å². The molecule has 0 amide bonds. The molecule has 4 N–H and O–H groups in total. The van der Waals surface area contributed by atoms with Gasteiger partial charge >= 0.3 is 0 Å². The van der Waals surface area contributed by atoms with Gasteiger partial charge in [-0.3, -0.25) is 10.1 Å². The van der Waals surface area contributed by atoms with E-state index in [9.17, 15) is 10.1 Å². The molecule has 0 unspecified atom stereocenters. The minimum Gasteiger partial charge on any atom is -0.399 e. The molecule has 0 aromatic heterocycles. The smallest absolute Gasteiger partial charge is 0.277 e. The van der Waals surface area contributed by atoms with Crippen LogP contribution in [0.2, 0.25) is 0 Å². The van der Waals surface area contributed by atoms with Crippen LogP contribution in [0, 0.1) is 10.1 Å². The summed E-state index contributed by atoms with van der Waals surface area (Å²) in [4.78, 5) is 10.7. The molecule has 0 heterocycles. The molecule has 2 aromatic carbocycles. The highest BCUT2D eigenvalue weighted by Gasteiger charge is 2.13. The Hall–Kier alpha value is -2.82. The Labute approximate surface area is 110 Å². The molecule has 0 bridgehead atoms. The highest BCUT2D eigenvalue weighted by molar-refractivity contribution is 5.77. The van der Waals surface area contributed by atoms with Crippen LogP contribution >= 0.6 is 0 Å². The lowest BCUT2D eigenvalue weighted by molar-refractivity contribution is -0.374. The number of benzene rings is 2. The van der Waals surface area contributed by atoms with E-state index in [0.29, 0.717) is 16.9 Å². The summed E-state index contributed by atoms with van der Waals surface area (Å²) >= 11 is 0. The molecule has 2 aromatic rings. The van der Waals surface area contributed by atoms with Gasteiger partial charge in [-0.05, 0) is 42.0 Å². The second-order valence-electron chi connectivity index (χ2n) is 4.08. The lowest BCUT2D eigenvalue weighted by atomic mass is 10.1. The van der Waals surface area contributed by atoms with Crippen molar-refractivity contribution in [2.75, 3.05) is 11.5 Å². The van der Waals surface area contributed by atoms with Crippen LogP contribution in [0.3, 0.4) is 0 Å². The average molecular weight is 255 g/mol. The van der Waals surface area contributed by atoms with Crippen molar-refractivity contribution in [3.63, 3.8) is 0 Å². The van der Waals surface area contributed by atoms with E-state index in [0.717, 1.165) is 5.56 Å². The molecule has 0 atom stereocenters. The maximum Gasteiger partial charge on any atom is 0.277 e. The van der Waals surface area contributed by atoms with Crippen molar-refractivity contribution in [3.8, 4) is 0 Å². The third-order valence-electron chi connectivity index (χ3n) is 2.64. The molecule has 0 saturated heterocycles. The molecule has 0 fully saturated rings. The molecule has 96 valence electrons. The van der Waals surface area contributed by atoms with E-state index in [4.69, 9.17) is 11.5 Å². The first kappa shape index (κ1) is 12.6. The van der Waals surface area contributed by atoms with Crippen molar-refractivity contribution in [2.24, 2.45) is 0 Å². The Morgan fingerprint density at radius 3 is 1.89 bits per heavy atom. The molecule has 0 aliphatic rings. The monoisotopic (exact) mass is 255 g/mol. The SMILES string of the molecule is Nc1ccc(C=C(c2ccc(N)cc2)[N+](=O)[O-])cc1. The summed E-state index contributed by atoms with van der Waals surface area (Å²) in [7, 11) is 0. The van der Waals surface area contributed by atoms with Crippen LogP contribution < -0.4 is 11.5 Å². The normalized spacial score (nSPS) is 11.3. The highest BCUT2D eigenvalue weighted by Crippen LogP contribution is 2.20. The summed E-state index contributed by atoms with van der Waals surface area (Å²) in [5.41, 5.74) is 13.6. The molecular formula is C14H13N3O2. The van der Waals surface area contributed by atoms with Gasteiger partial charge in [0.2, 0.25) is 0 Å². The fraction of sp³-hybridized carbons (Fsp3) is 0. The van der Waals surface area contributed by atoms with Gasteiger partial charge in [-0.25, -0.2) is 0 Å². The zero-order chi connectivity index (χ0) is 13.8. The van der Waals surface area contributed by atoms with E-state index in [2.05, 4.69) is 0 Å². The predicted molar refractivity (Wildman–Crippen MR) is 76.6 cm³/mol. The van der Waals surface area contributed by atoms with E-state index in [-0.39, 0.29) is 5.70 Å². The summed E-state index contributed by atoms with van der Waals surface area (Å²) in [5.74, 6) is 0. The number of hydrogen-bond acceptors (Lipinski definition) is 4. The topological polar surface area (TPSA) is 95.2 Å². The van der Waals surface area contributed by atoms with Crippen molar-refractivity contribution in [1.82, 2.24) is 0 Å². The Morgan fingerprint density at radius 1 is 0.947 bits per heavy atom. The van der Waals surface area contributed by atoms with Gasteiger partial charge in [-0.2, -0.15) is 0 Å². The number of anilines is 2. The van der Waals surface area contributed by atoms with E-state index in [1.807, 2.05) is 0 Å². The molecule has 19 heavy (non-hydrogen) atoms. The van der Waals surface area contributed by atoms with Gasteiger partial charge in [0.15, 0.2) is 0 Å². The number of nitrogens with zero attached hydrogens (tertiary/aromatic N) is 1. The fourth-order valence-corrected chi connectivity index (χ4v) is 1.65. The van der Waals surface area contributed by atoms with E-state index in [1.165, 1.54) is 6.08 Å². The number of rotatable bonds is 3. The van der Waals surface area contributed by atoms with E-state index < -0.39 is 4.92 Å². The zero-order valence-electron chi connectivity index (χ0n) is 10.1. The Bertz CT molecular complexity index is 616. The van der Waals surface area contributed by atoms with Crippen molar-refractivity contribution in [1.29, 1.82) is 0 Å². The standard InChI is InChI=1S/C14H13N3O2/c15-12-5-1-10(2-6-12)9-14(17(18)19)11-3-7-13(16)8-4-11/h1-9H,15-16H2. The highest BCUT2D eigenvalue weighted by atomic mass is 16.6. The summed E-state index contributed by atoms with van der Waals surface area (Å²) in [6, 6.07) is 13.4. The van der Waals surface area contributed by atoms with Gasteiger partial charge in [0.1, 0.15) is 0 Å². The number of hydrogen-bond donors (Lipinski definition) is 2. The molecule has 5 nitrogen and oxygen atoms in total. The van der Waals surface area contributed by atoms with Gasteiger partial charge in [0, 0.05) is 17.5 Å². The molecule has 0 aliphatic carbocycles. The largest absolute Gasteiger partial charge is 0.399 e. The third kappa shape index (κ3) is 3.10. The molecule has 0 radical (unpaired) electrons. The van der Waals surface area contributed by atoms with Crippen molar-refractivity contribution >= 4 is 23.1 Å². The van der Waals surface area contributed by atoms with Crippen LogP contribution in [0.4, 0.5) is 11.4 Å². The second kappa shape index (κ2) is 5.22. The molecule has 0 aliphatic heterocycles. The van der Waals surface area contributed by atoms with Crippen molar-refractivity contribution in [2.45, 2.75) is 0 Å². The van der Waals surface area contributed by atoms with Crippen molar-refractivity contribution < 1.29 is 4.92 Å². The van der Waals surface area contributed by atoms with Gasteiger partial charge in [0.25, 0.3) is 5.70 Å². The summed E-state index contributed by atoms with van der Waals surface area (Å²) in [6.07, 6.45) is 1.50. The molecule has 2 rings (SSSR count). The van der Waals surface area contributed by atoms with Crippen LogP contribution in [-0.4, -0.2) is 4.92 Å². The van der Waals surface area contributed by atoms with Crippen LogP contribution in [-0.2, 0) is 0 Å². The third-order valence-corrected chi connectivity index (χ3v) is 2.64. The maximum atomic E-state index is 11.1. The molecular weight excluding hydrogens is 242 g/mol. The lowest BCUT2D eigenvalue weighted by Crippen LogP contribution is -1.98. The predicted octanol–water partition coefficient (Wildman–Crippen LogP) is 2.63. The molecule has 5 heteroatoms. The van der Waals surface area contributed by atoms with Gasteiger partial charge in [-0.15, -0.1) is 0 Å². The molecule has 0 saturated carbocycles. The van der Waals surface area contributed by atoms with Crippen LogP contribution in [0.5, 0.6) is 0 Å². The van der Waals surface area contributed by atoms with E-state index >= 15 is 0 Å². The lowest BCUT2D eigenvalue weighted by Gasteiger charge is -2.01. The number of nitrogens with two attached hydrogens (primary N) is 2. The Balaban J connectivity index is 2.43. The summed E-state index contributed by atoms with van der Waals surface area (Å²) in [5, 5.41) is 11.1. The first-order valence-corrected chi connectivity index (χ1v) is 5.64. The van der Waals surface area contributed by atoms with Crippen molar-refractivity contribution in [3.05, 3.63) is 69.8 Å². The van der Waals surface area contributed by atoms with Gasteiger partial charge in [0.05, 0.1) is 10.5 Å². The quantitative estimate of drug-likeness (QED) is 0.381. The number of nitro groups is 1. The fourth-order valence-electron chi connectivity index (χ4n) is 1.65. The number of nitrogen functional groups attached to an aromatic ring is 2. The minimum absolute atomic E-state index is 0.0183. The average Bonchev–Trinajstić information content (AvgIpc) is 2.39. The van der Waals surface area contributed by atoms with Crippen LogP contribution in [0.1, 0.15) is 11.1 Å².